The van der Waals surface area contributed by atoms with E-state index >= 15 is 0 Å². The molecule has 1 amide bonds. The summed E-state index contributed by atoms with van der Waals surface area (Å²) in [6.07, 6.45) is 85.7. The molecule has 2 unspecified atom stereocenters. The zero-order chi connectivity index (χ0) is 48.5. The monoisotopic (exact) mass is 930 g/mol. The van der Waals surface area contributed by atoms with Crippen molar-refractivity contribution in [2.24, 2.45) is 0 Å². The molecule has 3 N–H and O–H groups in total. The molecule has 67 heavy (non-hydrogen) atoms. The summed E-state index contributed by atoms with van der Waals surface area (Å²) in [5.74, 6) is -0.0641. The van der Waals surface area contributed by atoms with Crippen LogP contribution in [0.2, 0.25) is 0 Å². The highest BCUT2D eigenvalue weighted by molar-refractivity contribution is 5.76. The normalized spacial score (nSPS) is 13.6. The van der Waals surface area contributed by atoms with Crippen LogP contribution in [-0.4, -0.2) is 34.9 Å². The highest BCUT2D eigenvalue weighted by atomic mass is 16.3. The molecule has 0 aromatic rings. The van der Waals surface area contributed by atoms with Gasteiger partial charge in [-0.25, -0.2) is 0 Å². The van der Waals surface area contributed by atoms with E-state index in [1.165, 1.54) is 186 Å². The highest BCUT2D eigenvalue weighted by Gasteiger charge is 2.18. The standard InChI is InChI=1S/C63H111NO3/c1-3-5-7-9-11-13-15-17-19-21-22-23-24-25-26-27-28-29-30-31-32-33-34-35-36-37-38-39-40-41-42-43-45-47-49-51-53-55-57-59-63(67)64-61(60-65)62(66)58-56-54-52-50-48-46-44-20-18-16-14-12-10-8-6-4-2/h5,7,11,13,17,19,22-23,25-26,28-29,31-32,56,58,61-62,65-66H,3-4,6,8-10,12,14-16,18,20-21,24,27,30,33-55,57,59-60H2,1-2H3,(H,64,67)/b7-5-,13-11-,19-17-,23-22-,26-25-,29-28-,32-31-,58-56+. The van der Waals surface area contributed by atoms with E-state index in [1.807, 2.05) is 6.08 Å². The van der Waals surface area contributed by atoms with Gasteiger partial charge in [0.05, 0.1) is 18.8 Å². The zero-order valence-electron chi connectivity index (χ0n) is 44.4. The van der Waals surface area contributed by atoms with Gasteiger partial charge in [-0.15, -0.1) is 0 Å². The molecule has 4 nitrogen and oxygen atoms in total. The Balaban J connectivity index is 3.50. The molecule has 0 saturated heterocycles. The van der Waals surface area contributed by atoms with Crippen LogP contribution in [0.4, 0.5) is 0 Å². The van der Waals surface area contributed by atoms with Crippen molar-refractivity contribution in [3.05, 3.63) is 97.2 Å². The summed E-state index contributed by atoms with van der Waals surface area (Å²) in [7, 11) is 0. The molecule has 0 rings (SSSR count). The third-order valence-corrected chi connectivity index (χ3v) is 12.8. The predicted octanol–water partition coefficient (Wildman–Crippen LogP) is 19.3. The Kier molecular flexibility index (Phi) is 55.3. The molecule has 386 valence electrons. The van der Waals surface area contributed by atoms with Gasteiger partial charge in [0.1, 0.15) is 0 Å². The van der Waals surface area contributed by atoms with Crippen molar-refractivity contribution in [3.8, 4) is 0 Å². The van der Waals surface area contributed by atoms with Gasteiger partial charge >= 0.3 is 0 Å². The van der Waals surface area contributed by atoms with E-state index in [2.05, 4.69) is 104 Å². The maximum absolute atomic E-state index is 12.5. The number of amides is 1. The molecule has 2 atom stereocenters. The number of unbranched alkanes of at least 4 members (excludes halogenated alkanes) is 31. The lowest BCUT2D eigenvalue weighted by molar-refractivity contribution is -0.123. The van der Waals surface area contributed by atoms with Gasteiger partial charge < -0.3 is 15.5 Å². The summed E-state index contributed by atoms with van der Waals surface area (Å²) >= 11 is 0. The van der Waals surface area contributed by atoms with Crippen molar-refractivity contribution in [2.75, 3.05) is 6.61 Å². The van der Waals surface area contributed by atoms with Gasteiger partial charge in [0.15, 0.2) is 0 Å². The minimum Gasteiger partial charge on any atom is -0.394 e. The number of allylic oxidation sites excluding steroid dienone is 15. The first-order valence-electron chi connectivity index (χ1n) is 29.0. The first kappa shape index (κ1) is 64.3. The van der Waals surface area contributed by atoms with Crippen LogP contribution in [0.1, 0.15) is 277 Å². The van der Waals surface area contributed by atoms with Crippen molar-refractivity contribution < 1.29 is 15.0 Å². The second-order valence-corrected chi connectivity index (χ2v) is 19.3. The van der Waals surface area contributed by atoms with Crippen LogP contribution in [0.5, 0.6) is 0 Å². The number of rotatable bonds is 52. The minimum atomic E-state index is -0.842. The fraction of sp³-hybridized carbons (Fsp3) is 0.730. The lowest BCUT2D eigenvalue weighted by Crippen LogP contribution is -2.45. The SMILES string of the molecule is CC/C=C\C/C=C\C/C=C\C/C=C\C/C=C\C/C=C\C/C=C\CCCCCCCCCCCCCCCCCCCC(=O)NC(CO)C(O)/C=C/CCCCCCCCCCCCCCCC. The number of hydrogen-bond donors (Lipinski definition) is 3. The molecule has 0 aromatic carbocycles. The number of nitrogens with one attached hydrogen (secondary N) is 1. The Morgan fingerprint density at radius 2 is 0.657 bits per heavy atom. The quantitative estimate of drug-likeness (QED) is 0.0420. The van der Waals surface area contributed by atoms with Gasteiger partial charge in [-0.1, -0.05) is 291 Å². The third-order valence-electron chi connectivity index (χ3n) is 12.8. The molecular formula is C63H111NO3. The molecule has 0 aliphatic rings. The maximum atomic E-state index is 12.5. The van der Waals surface area contributed by atoms with Crippen LogP contribution in [0, 0.1) is 0 Å². The smallest absolute Gasteiger partial charge is 0.220 e. The molecule has 4 heteroatoms. The third kappa shape index (κ3) is 54.1. The highest BCUT2D eigenvalue weighted by Crippen LogP contribution is 2.16. The van der Waals surface area contributed by atoms with E-state index in [0.29, 0.717) is 6.42 Å². The topological polar surface area (TPSA) is 69.6 Å². The molecule has 0 heterocycles. The van der Waals surface area contributed by atoms with Crippen molar-refractivity contribution in [1.82, 2.24) is 5.32 Å². The Hall–Kier alpha value is -2.69. The van der Waals surface area contributed by atoms with Crippen LogP contribution in [-0.2, 0) is 4.79 Å². The molecule has 0 aromatic heterocycles. The van der Waals surface area contributed by atoms with Gasteiger partial charge in [0.25, 0.3) is 0 Å². The number of aliphatic hydroxyl groups is 2. The molecule has 0 bridgehead atoms. The van der Waals surface area contributed by atoms with Crippen molar-refractivity contribution in [2.45, 2.75) is 289 Å². The van der Waals surface area contributed by atoms with Crippen LogP contribution in [0.3, 0.4) is 0 Å². The van der Waals surface area contributed by atoms with Crippen LogP contribution < -0.4 is 5.32 Å². The first-order valence-corrected chi connectivity index (χ1v) is 29.0. The van der Waals surface area contributed by atoms with Gasteiger partial charge in [-0.05, 0) is 77.0 Å². The molecule has 0 saturated carbocycles. The van der Waals surface area contributed by atoms with Gasteiger partial charge in [-0.2, -0.15) is 0 Å². The molecule has 0 radical (unpaired) electrons. The van der Waals surface area contributed by atoms with E-state index in [4.69, 9.17) is 0 Å². The lowest BCUT2D eigenvalue weighted by atomic mass is 10.0. The van der Waals surface area contributed by atoms with Gasteiger partial charge in [-0.3, -0.25) is 4.79 Å². The van der Waals surface area contributed by atoms with E-state index in [0.717, 1.165) is 70.6 Å². The molecular weight excluding hydrogens is 819 g/mol. The summed E-state index contributed by atoms with van der Waals surface area (Å²) in [6.45, 7) is 4.20. The summed E-state index contributed by atoms with van der Waals surface area (Å²) < 4.78 is 0. The Bertz CT molecular complexity index is 1240. The summed E-state index contributed by atoms with van der Waals surface area (Å²) in [5, 5.41) is 23.1. The second kappa shape index (κ2) is 57.6. The first-order chi connectivity index (χ1) is 33.2. The van der Waals surface area contributed by atoms with Crippen LogP contribution in [0.15, 0.2) is 97.2 Å². The van der Waals surface area contributed by atoms with E-state index in [1.54, 1.807) is 6.08 Å². The Morgan fingerprint density at radius 3 is 0.985 bits per heavy atom. The van der Waals surface area contributed by atoms with Gasteiger partial charge in [0.2, 0.25) is 5.91 Å². The van der Waals surface area contributed by atoms with Crippen LogP contribution in [0.25, 0.3) is 0 Å². The average molecular weight is 931 g/mol. The Labute approximate surface area is 417 Å². The number of aliphatic hydroxyl groups excluding tert-OH is 2. The maximum Gasteiger partial charge on any atom is 0.220 e. The second-order valence-electron chi connectivity index (χ2n) is 19.3. The van der Waals surface area contributed by atoms with E-state index in [9.17, 15) is 15.0 Å². The zero-order valence-corrected chi connectivity index (χ0v) is 44.4. The number of carbonyl (C=O) groups is 1. The van der Waals surface area contributed by atoms with Gasteiger partial charge in [0, 0.05) is 6.42 Å². The van der Waals surface area contributed by atoms with Crippen molar-refractivity contribution >= 4 is 5.91 Å². The number of hydrogen-bond acceptors (Lipinski definition) is 3. The van der Waals surface area contributed by atoms with E-state index in [-0.39, 0.29) is 12.5 Å². The molecule has 0 aliphatic carbocycles. The van der Waals surface area contributed by atoms with Crippen molar-refractivity contribution in [3.63, 3.8) is 0 Å². The fourth-order valence-electron chi connectivity index (χ4n) is 8.45. The molecule has 0 fully saturated rings. The van der Waals surface area contributed by atoms with Crippen LogP contribution >= 0.6 is 0 Å². The Morgan fingerprint density at radius 1 is 0.373 bits per heavy atom. The summed E-state index contributed by atoms with van der Waals surface area (Å²) in [6, 6.07) is -0.625. The van der Waals surface area contributed by atoms with Crippen molar-refractivity contribution in [1.29, 1.82) is 0 Å². The summed E-state index contributed by atoms with van der Waals surface area (Å²) in [5.41, 5.74) is 0. The number of carbonyl (C=O) groups excluding carboxylic acids is 1. The summed E-state index contributed by atoms with van der Waals surface area (Å²) in [4.78, 5) is 12.5. The van der Waals surface area contributed by atoms with E-state index < -0.39 is 12.1 Å². The predicted molar refractivity (Wildman–Crippen MR) is 299 cm³/mol. The minimum absolute atomic E-state index is 0.0641. The lowest BCUT2D eigenvalue weighted by Gasteiger charge is -2.20. The molecule has 0 aliphatic heterocycles. The fourth-order valence-corrected chi connectivity index (χ4v) is 8.45. The molecule has 0 spiro atoms. The average Bonchev–Trinajstić information content (AvgIpc) is 3.33. The largest absolute Gasteiger partial charge is 0.394 e.